The second kappa shape index (κ2) is 9.40. The number of carbonyl (C=O) groups excluding carboxylic acids is 3. The van der Waals surface area contributed by atoms with Crippen LogP contribution in [0, 0.1) is 5.82 Å². The van der Waals surface area contributed by atoms with Gasteiger partial charge in [-0.1, -0.05) is 18.2 Å². The number of nitrogens with zero attached hydrogens (tertiary/aromatic N) is 2. The second-order valence-electron chi connectivity index (χ2n) is 8.10. The molecule has 11 heteroatoms. The van der Waals surface area contributed by atoms with Crippen molar-refractivity contribution in [3.05, 3.63) is 76.7 Å². The number of urea groups is 1. The zero-order valence-corrected chi connectivity index (χ0v) is 18.7. The summed E-state index contributed by atoms with van der Waals surface area (Å²) in [7, 11) is 0. The van der Waals surface area contributed by atoms with Gasteiger partial charge >= 0.3 is 12.2 Å². The molecular formula is C24H22F4N4O3. The highest BCUT2D eigenvalue weighted by molar-refractivity contribution is 6.02. The predicted octanol–water partition coefficient (Wildman–Crippen LogP) is 4.06. The monoisotopic (exact) mass is 490 g/mol. The zero-order chi connectivity index (χ0) is 25.3. The lowest BCUT2D eigenvalue weighted by molar-refractivity contribution is -0.138. The van der Waals surface area contributed by atoms with Crippen molar-refractivity contribution in [3.8, 4) is 0 Å². The summed E-state index contributed by atoms with van der Waals surface area (Å²) in [6, 6.07) is 8.12. The Morgan fingerprint density at radius 2 is 1.80 bits per heavy atom. The van der Waals surface area contributed by atoms with Crippen LogP contribution in [0.15, 0.2) is 59.8 Å². The first-order chi connectivity index (χ1) is 16.6. The molecule has 0 aliphatic carbocycles. The van der Waals surface area contributed by atoms with Crippen LogP contribution in [-0.2, 0) is 15.8 Å². The quantitative estimate of drug-likeness (QED) is 0.600. The molecule has 0 unspecified atom stereocenters. The molecule has 7 nitrogen and oxygen atoms in total. The first kappa shape index (κ1) is 24.2. The highest BCUT2D eigenvalue weighted by atomic mass is 19.4. The Morgan fingerprint density at radius 1 is 1.11 bits per heavy atom. The van der Waals surface area contributed by atoms with E-state index in [2.05, 4.69) is 10.6 Å². The average Bonchev–Trinajstić information content (AvgIpc) is 3.14. The van der Waals surface area contributed by atoms with Crippen LogP contribution in [0.3, 0.4) is 0 Å². The maximum Gasteiger partial charge on any atom is 0.416 e. The summed E-state index contributed by atoms with van der Waals surface area (Å²) < 4.78 is 54.1. The number of benzene rings is 2. The highest BCUT2D eigenvalue weighted by Crippen LogP contribution is 2.41. The molecule has 35 heavy (non-hydrogen) atoms. The van der Waals surface area contributed by atoms with E-state index in [9.17, 15) is 31.9 Å². The minimum absolute atomic E-state index is 0.00998. The van der Waals surface area contributed by atoms with Gasteiger partial charge in [0.1, 0.15) is 5.82 Å². The first-order valence-electron chi connectivity index (χ1n) is 10.9. The minimum Gasteiger partial charge on any atom is -0.332 e. The minimum atomic E-state index is -4.68. The smallest absolute Gasteiger partial charge is 0.332 e. The zero-order valence-electron chi connectivity index (χ0n) is 18.7. The Morgan fingerprint density at radius 3 is 2.46 bits per heavy atom. The van der Waals surface area contributed by atoms with Crippen molar-refractivity contribution in [2.24, 2.45) is 0 Å². The SMILES string of the molecule is CCN1C(=O)N[C@H](c2ccccc2C(F)(F)F)C2=C1CN(CCC(=O)Nc1ccc(F)cc1)C2=O. The molecule has 0 aromatic heterocycles. The van der Waals surface area contributed by atoms with Crippen molar-refractivity contribution < 1.29 is 31.9 Å². The lowest BCUT2D eigenvalue weighted by atomic mass is 9.91. The van der Waals surface area contributed by atoms with Gasteiger partial charge in [0.05, 0.1) is 29.4 Å². The van der Waals surface area contributed by atoms with E-state index in [1.807, 2.05) is 0 Å². The van der Waals surface area contributed by atoms with Gasteiger partial charge in [-0.2, -0.15) is 13.2 Å². The van der Waals surface area contributed by atoms with Gasteiger partial charge in [0.15, 0.2) is 0 Å². The average molecular weight is 490 g/mol. The molecule has 0 spiro atoms. The van der Waals surface area contributed by atoms with Crippen LogP contribution < -0.4 is 10.6 Å². The standard InChI is InChI=1S/C24H22F4N4O3/c1-2-32-18-13-31(12-11-19(33)29-15-9-7-14(25)8-10-15)22(34)20(18)21(30-23(32)35)16-5-3-4-6-17(16)24(26,27)28/h3-10,21H,2,11-13H2,1H3,(H,29,33)(H,30,35)/t21-/m1/s1. The van der Waals surface area contributed by atoms with Crippen molar-refractivity contribution in [1.29, 1.82) is 0 Å². The Labute approximate surface area is 198 Å². The van der Waals surface area contributed by atoms with E-state index in [-0.39, 0.29) is 37.2 Å². The third-order valence-electron chi connectivity index (χ3n) is 5.93. The molecule has 2 aliphatic rings. The Balaban J connectivity index is 1.56. The number of likely N-dealkylation sites (N-methyl/N-ethyl adjacent to an activating group) is 1. The Bertz CT molecular complexity index is 1190. The number of carbonyl (C=O) groups is 3. The summed E-state index contributed by atoms with van der Waals surface area (Å²) in [5.41, 5.74) is -0.394. The molecule has 2 aromatic carbocycles. The number of hydrogen-bond acceptors (Lipinski definition) is 3. The number of alkyl halides is 3. The maximum absolute atomic E-state index is 13.7. The fraction of sp³-hybridized carbons (Fsp3) is 0.292. The van der Waals surface area contributed by atoms with Gasteiger partial charge in [-0.3, -0.25) is 14.5 Å². The van der Waals surface area contributed by atoms with E-state index in [0.29, 0.717) is 11.4 Å². The number of rotatable bonds is 6. The van der Waals surface area contributed by atoms with Gasteiger partial charge in [-0.25, -0.2) is 9.18 Å². The molecule has 184 valence electrons. The normalized spacial score (nSPS) is 18.0. The molecule has 0 saturated heterocycles. The van der Waals surface area contributed by atoms with Crippen LogP contribution >= 0.6 is 0 Å². The van der Waals surface area contributed by atoms with Crippen molar-refractivity contribution >= 4 is 23.5 Å². The van der Waals surface area contributed by atoms with Gasteiger partial charge in [0.2, 0.25) is 5.91 Å². The third kappa shape index (κ3) is 4.84. The van der Waals surface area contributed by atoms with E-state index >= 15 is 0 Å². The lowest BCUT2D eigenvalue weighted by Crippen LogP contribution is -2.47. The first-order valence-corrected chi connectivity index (χ1v) is 10.9. The molecule has 0 bridgehead atoms. The molecule has 2 aliphatic heterocycles. The number of halogens is 4. The number of anilines is 1. The van der Waals surface area contributed by atoms with E-state index in [0.717, 1.165) is 6.07 Å². The number of amides is 4. The van der Waals surface area contributed by atoms with Gasteiger partial charge in [-0.15, -0.1) is 0 Å². The molecule has 2 N–H and O–H groups in total. The summed E-state index contributed by atoms with van der Waals surface area (Å²) in [5.74, 6) is -1.42. The molecule has 0 fully saturated rings. The van der Waals surface area contributed by atoms with Crippen LogP contribution in [0.25, 0.3) is 0 Å². The van der Waals surface area contributed by atoms with Crippen LogP contribution in [-0.4, -0.2) is 47.3 Å². The second-order valence-corrected chi connectivity index (χ2v) is 8.10. The molecule has 2 aromatic rings. The van der Waals surface area contributed by atoms with Crippen LogP contribution in [0.5, 0.6) is 0 Å². The van der Waals surface area contributed by atoms with Crippen LogP contribution in [0.2, 0.25) is 0 Å². The van der Waals surface area contributed by atoms with E-state index < -0.39 is 41.4 Å². The van der Waals surface area contributed by atoms with E-state index in [4.69, 9.17) is 0 Å². The largest absolute Gasteiger partial charge is 0.416 e. The summed E-state index contributed by atoms with van der Waals surface area (Å²) in [5, 5.41) is 5.14. The number of hydrogen-bond donors (Lipinski definition) is 2. The topological polar surface area (TPSA) is 81.8 Å². The number of nitrogens with one attached hydrogen (secondary N) is 2. The predicted molar refractivity (Wildman–Crippen MR) is 118 cm³/mol. The van der Waals surface area contributed by atoms with Gasteiger partial charge in [-0.05, 0) is 42.8 Å². The molecule has 2 heterocycles. The lowest BCUT2D eigenvalue weighted by Gasteiger charge is -2.33. The molecule has 4 rings (SSSR count). The van der Waals surface area contributed by atoms with Crippen molar-refractivity contribution in [3.63, 3.8) is 0 Å². The summed E-state index contributed by atoms with van der Waals surface area (Å²) >= 11 is 0. The van der Waals surface area contributed by atoms with Gasteiger partial charge in [0.25, 0.3) is 5.91 Å². The van der Waals surface area contributed by atoms with Gasteiger partial charge in [0, 0.05) is 25.2 Å². The van der Waals surface area contributed by atoms with Crippen molar-refractivity contribution in [1.82, 2.24) is 15.1 Å². The molecule has 1 atom stereocenters. The van der Waals surface area contributed by atoms with Crippen LogP contribution in [0.1, 0.15) is 30.5 Å². The summed E-state index contributed by atoms with van der Waals surface area (Å²) in [6.07, 6.45) is -4.77. The van der Waals surface area contributed by atoms with E-state index in [1.165, 1.54) is 52.3 Å². The molecule has 0 radical (unpaired) electrons. The fourth-order valence-corrected chi connectivity index (χ4v) is 4.30. The van der Waals surface area contributed by atoms with Crippen LogP contribution in [0.4, 0.5) is 28.0 Å². The molecular weight excluding hydrogens is 468 g/mol. The van der Waals surface area contributed by atoms with E-state index in [1.54, 1.807) is 6.92 Å². The fourth-order valence-electron chi connectivity index (χ4n) is 4.30. The Kier molecular flexibility index (Phi) is 6.51. The summed E-state index contributed by atoms with van der Waals surface area (Å²) in [4.78, 5) is 41.0. The summed E-state index contributed by atoms with van der Waals surface area (Å²) in [6.45, 7) is 1.88. The van der Waals surface area contributed by atoms with Crippen molar-refractivity contribution in [2.45, 2.75) is 25.6 Å². The highest BCUT2D eigenvalue weighted by Gasteiger charge is 2.46. The van der Waals surface area contributed by atoms with Crippen molar-refractivity contribution in [2.75, 3.05) is 25.0 Å². The molecule has 4 amide bonds. The van der Waals surface area contributed by atoms with Gasteiger partial charge < -0.3 is 15.5 Å². The maximum atomic E-state index is 13.7. The third-order valence-corrected chi connectivity index (χ3v) is 5.93. The Hall–Kier alpha value is -3.89. The molecule has 0 saturated carbocycles.